The number of nitrogens with zero attached hydrogens (tertiary/aromatic N) is 2. The first-order valence-corrected chi connectivity index (χ1v) is 10.1. The van der Waals surface area contributed by atoms with E-state index in [1.807, 2.05) is 24.3 Å². The molecule has 0 amide bonds. The average Bonchev–Trinajstić information content (AvgIpc) is 3.07. The molecule has 1 fully saturated rings. The highest BCUT2D eigenvalue weighted by Gasteiger charge is 2.25. The van der Waals surface area contributed by atoms with Crippen molar-refractivity contribution in [1.82, 2.24) is 14.9 Å². The number of para-hydroxylation sites is 1. The van der Waals surface area contributed by atoms with Gasteiger partial charge in [0.2, 0.25) is 0 Å². The number of likely N-dealkylation sites (tertiary alicyclic amines) is 1. The molecule has 1 atom stereocenters. The molecule has 0 unspecified atom stereocenters. The van der Waals surface area contributed by atoms with Crippen molar-refractivity contribution in [3.63, 3.8) is 0 Å². The number of aromatic nitrogens is 2. The van der Waals surface area contributed by atoms with Crippen molar-refractivity contribution >= 4 is 45.7 Å². The van der Waals surface area contributed by atoms with E-state index < -0.39 is 0 Å². The van der Waals surface area contributed by atoms with Gasteiger partial charge in [-0.25, -0.2) is 4.98 Å². The fourth-order valence-corrected chi connectivity index (χ4v) is 4.08. The summed E-state index contributed by atoms with van der Waals surface area (Å²) in [6.45, 7) is 6.07. The summed E-state index contributed by atoms with van der Waals surface area (Å²) in [6, 6.07) is 12.0. The number of thiocarbonyl (C=S) groups is 1. The molecule has 140 valence electrons. The van der Waals surface area contributed by atoms with E-state index in [9.17, 15) is 0 Å². The molecule has 1 aromatic heterocycles. The van der Waals surface area contributed by atoms with Gasteiger partial charge in [0.05, 0.1) is 21.7 Å². The van der Waals surface area contributed by atoms with Crippen molar-refractivity contribution < 1.29 is 0 Å². The number of halogens is 1. The van der Waals surface area contributed by atoms with Crippen LogP contribution in [0.4, 0.5) is 5.69 Å². The lowest BCUT2D eigenvalue weighted by Crippen LogP contribution is -2.41. The molecule has 0 bridgehead atoms. The first-order valence-electron chi connectivity index (χ1n) is 9.28. The molecule has 3 aromatic rings. The van der Waals surface area contributed by atoms with Gasteiger partial charge in [-0.1, -0.05) is 23.7 Å². The third-order valence-corrected chi connectivity index (χ3v) is 6.02. The van der Waals surface area contributed by atoms with Gasteiger partial charge in [0, 0.05) is 19.0 Å². The Labute approximate surface area is 169 Å². The number of rotatable bonds is 2. The number of aromatic amines is 1. The normalized spacial score (nSPS) is 17.3. The maximum Gasteiger partial charge on any atom is 0.173 e. The van der Waals surface area contributed by atoms with Crippen LogP contribution in [0.25, 0.3) is 11.0 Å². The van der Waals surface area contributed by atoms with Crippen molar-refractivity contribution in [2.24, 2.45) is 0 Å². The summed E-state index contributed by atoms with van der Waals surface area (Å²) < 4.78 is 0. The molecule has 0 radical (unpaired) electrons. The van der Waals surface area contributed by atoms with Gasteiger partial charge in [0.25, 0.3) is 0 Å². The SMILES string of the molecule is Cc1cc2nc([C@@H]3CCCN(C(=S)Nc4ccccc4Cl)C3)[nH]c2cc1C. The lowest BCUT2D eigenvalue weighted by Gasteiger charge is -2.34. The quantitative estimate of drug-likeness (QED) is 0.566. The predicted molar refractivity (Wildman–Crippen MR) is 117 cm³/mol. The van der Waals surface area contributed by atoms with E-state index in [0.29, 0.717) is 10.9 Å². The second-order valence-corrected chi connectivity index (χ2v) is 8.06. The molecule has 2 aromatic carbocycles. The van der Waals surface area contributed by atoms with Crippen LogP contribution < -0.4 is 5.32 Å². The molecule has 6 heteroatoms. The van der Waals surface area contributed by atoms with Gasteiger partial charge in [-0.2, -0.15) is 0 Å². The Bertz CT molecular complexity index is 958. The van der Waals surface area contributed by atoms with Crippen LogP contribution in [0, 0.1) is 13.8 Å². The third-order valence-electron chi connectivity index (χ3n) is 5.33. The van der Waals surface area contributed by atoms with E-state index in [0.717, 1.165) is 53.6 Å². The van der Waals surface area contributed by atoms with E-state index >= 15 is 0 Å². The molecule has 0 aliphatic carbocycles. The highest BCUT2D eigenvalue weighted by molar-refractivity contribution is 7.80. The van der Waals surface area contributed by atoms with Crippen molar-refractivity contribution in [2.75, 3.05) is 18.4 Å². The molecule has 2 heterocycles. The number of nitrogens with one attached hydrogen (secondary N) is 2. The molecule has 4 nitrogen and oxygen atoms in total. The number of aryl methyl sites for hydroxylation is 2. The van der Waals surface area contributed by atoms with Gasteiger partial charge in [0.15, 0.2) is 5.11 Å². The zero-order chi connectivity index (χ0) is 19.0. The molecule has 27 heavy (non-hydrogen) atoms. The lowest BCUT2D eigenvalue weighted by atomic mass is 9.98. The summed E-state index contributed by atoms with van der Waals surface area (Å²) in [5.74, 6) is 1.40. The highest BCUT2D eigenvalue weighted by Crippen LogP contribution is 2.29. The fourth-order valence-electron chi connectivity index (χ4n) is 3.62. The number of H-pyrrole nitrogens is 1. The van der Waals surface area contributed by atoms with Crippen LogP contribution >= 0.6 is 23.8 Å². The number of fused-ring (bicyclic) bond motifs is 1. The van der Waals surface area contributed by atoms with Gasteiger partial charge in [-0.15, -0.1) is 0 Å². The van der Waals surface area contributed by atoms with Crippen molar-refractivity contribution in [1.29, 1.82) is 0 Å². The van der Waals surface area contributed by atoms with Gasteiger partial charge in [-0.3, -0.25) is 0 Å². The predicted octanol–water partition coefficient (Wildman–Crippen LogP) is 5.41. The van der Waals surface area contributed by atoms with Crippen LogP contribution in [0.15, 0.2) is 36.4 Å². The smallest absolute Gasteiger partial charge is 0.173 e. The minimum absolute atomic E-state index is 0.345. The van der Waals surface area contributed by atoms with E-state index in [1.54, 1.807) is 0 Å². The van der Waals surface area contributed by atoms with Crippen LogP contribution in [-0.2, 0) is 0 Å². The summed E-state index contributed by atoms with van der Waals surface area (Å²) in [6.07, 6.45) is 2.20. The molecule has 1 aliphatic heterocycles. The number of hydrogen-bond donors (Lipinski definition) is 2. The van der Waals surface area contributed by atoms with Crippen molar-refractivity contribution in [3.05, 3.63) is 58.4 Å². The van der Waals surface area contributed by atoms with Crippen LogP contribution in [0.5, 0.6) is 0 Å². The molecule has 1 saturated heterocycles. The maximum absolute atomic E-state index is 6.25. The average molecular weight is 399 g/mol. The second-order valence-electron chi connectivity index (χ2n) is 7.27. The summed E-state index contributed by atoms with van der Waals surface area (Å²) in [5.41, 5.74) is 5.56. The molecule has 1 aliphatic rings. The summed E-state index contributed by atoms with van der Waals surface area (Å²) >= 11 is 11.9. The topological polar surface area (TPSA) is 44.0 Å². The van der Waals surface area contributed by atoms with Gasteiger partial charge in [-0.05, 0) is 74.3 Å². The zero-order valence-corrected chi connectivity index (χ0v) is 17.1. The maximum atomic E-state index is 6.25. The minimum atomic E-state index is 0.345. The molecule has 0 saturated carbocycles. The highest BCUT2D eigenvalue weighted by atomic mass is 35.5. The van der Waals surface area contributed by atoms with E-state index in [2.05, 4.69) is 41.2 Å². The standard InChI is InChI=1S/C21H23ClN4S/c1-13-10-18-19(11-14(13)2)24-20(23-18)15-6-5-9-26(12-15)21(27)25-17-8-4-3-7-16(17)22/h3-4,7-8,10-11,15H,5-6,9,12H2,1-2H3,(H,23,24)(H,25,27)/t15-/m1/s1. The molecular weight excluding hydrogens is 376 g/mol. The largest absolute Gasteiger partial charge is 0.348 e. The Kier molecular flexibility index (Phi) is 5.06. The fraction of sp³-hybridized carbons (Fsp3) is 0.333. The summed E-state index contributed by atoms with van der Waals surface area (Å²) in [4.78, 5) is 10.6. The first-order chi connectivity index (χ1) is 13.0. The Morgan fingerprint density at radius 3 is 2.85 bits per heavy atom. The minimum Gasteiger partial charge on any atom is -0.348 e. The van der Waals surface area contributed by atoms with Gasteiger partial charge in [0.1, 0.15) is 5.82 Å². The Morgan fingerprint density at radius 2 is 2.04 bits per heavy atom. The molecule has 4 rings (SSSR count). The molecule has 2 N–H and O–H groups in total. The van der Waals surface area contributed by atoms with Gasteiger partial charge < -0.3 is 15.2 Å². The van der Waals surface area contributed by atoms with Crippen LogP contribution in [0.1, 0.15) is 35.7 Å². The van der Waals surface area contributed by atoms with Crippen molar-refractivity contribution in [3.8, 4) is 0 Å². The zero-order valence-electron chi connectivity index (χ0n) is 15.6. The Morgan fingerprint density at radius 1 is 1.26 bits per heavy atom. The summed E-state index contributed by atoms with van der Waals surface area (Å²) in [7, 11) is 0. The Hall–Kier alpha value is -2.11. The van der Waals surface area contributed by atoms with E-state index in [-0.39, 0.29) is 0 Å². The number of benzene rings is 2. The van der Waals surface area contributed by atoms with Gasteiger partial charge >= 0.3 is 0 Å². The second kappa shape index (κ2) is 7.49. The number of imidazole rings is 1. The molecule has 0 spiro atoms. The number of piperidine rings is 1. The third kappa shape index (κ3) is 3.80. The van der Waals surface area contributed by atoms with Crippen LogP contribution in [-0.4, -0.2) is 33.1 Å². The number of hydrogen-bond acceptors (Lipinski definition) is 2. The van der Waals surface area contributed by atoms with Crippen LogP contribution in [0.3, 0.4) is 0 Å². The lowest BCUT2D eigenvalue weighted by molar-refractivity contribution is 0.307. The monoisotopic (exact) mass is 398 g/mol. The van der Waals surface area contributed by atoms with Crippen LogP contribution in [0.2, 0.25) is 5.02 Å². The van der Waals surface area contributed by atoms with E-state index in [4.69, 9.17) is 28.8 Å². The van der Waals surface area contributed by atoms with Crippen molar-refractivity contribution in [2.45, 2.75) is 32.6 Å². The Balaban J connectivity index is 1.51. The van der Waals surface area contributed by atoms with E-state index in [1.165, 1.54) is 11.1 Å². The first kappa shape index (κ1) is 18.3. The molecular formula is C21H23ClN4S. The number of anilines is 1. The summed E-state index contributed by atoms with van der Waals surface area (Å²) in [5, 5.41) is 4.68.